The van der Waals surface area contributed by atoms with Crippen LogP contribution in [-0.2, 0) is 0 Å². The van der Waals surface area contributed by atoms with Crippen molar-refractivity contribution in [3.8, 4) is 0 Å². The third-order valence-corrected chi connectivity index (χ3v) is 6.56. The van der Waals surface area contributed by atoms with Gasteiger partial charge < -0.3 is 15.2 Å². The average molecular weight is 315 g/mol. The van der Waals surface area contributed by atoms with E-state index < -0.39 is 0 Å². The molecule has 1 aromatic rings. The van der Waals surface area contributed by atoms with Gasteiger partial charge in [-0.3, -0.25) is 4.90 Å². The Hall–Kier alpha value is -1.10. The first-order valence-electron chi connectivity index (χ1n) is 9.29. The highest BCUT2D eigenvalue weighted by Crippen LogP contribution is 2.42. The first kappa shape index (κ1) is 15.4. The minimum absolute atomic E-state index is 0.166. The quantitative estimate of drug-likeness (QED) is 0.660. The van der Waals surface area contributed by atoms with E-state index in [0.29, 0.717) is 12.2 Å². The molecule has 1 atom stereocenters. The van der Waals surface area contributed by atoms with E-state index in [4.69, 9.17) is 0 Å². The SMILES string of the molecule is CC1(N2CCC([N+]3([O-])CNc4ccccc43)CC2)CCCCC1. The van der Waals surface area contributed by atoms with Gasteiger partial charge in [-0.15, -0.1) is 0 Å². The average Bonchev–Trinajstić information content (AvgIpc) is 2.95. The standard InChI is InChI=1S/C19H29N3O/c1-19(11-5-2-6-12-19)21-13-9-16(10-14-21)22(23)15-20-17-7-3-4-8-18(17)22/h3-4,7-8,16,20H,2,5-6,9-15H2,1H3. The van der Waals surface area contributed by atoms with E-state index in [-0.39, 0.29) is 10.7 Å². The third kappa shape index (κ3) is 2.57. The van der Waals surface area contributed by atoms with Crippen LogP contribution in [0.2, 0.25) is 0 Å². The molecule has 126 valence electrons. The van der Waals surface area contributed by atoms with E-state index in [1.807, 2.05) is 24.3 Å². The summed E-state index contributed by atoms with van der Waals surface area (Å²) in [4.78, 5) is 2.68. The second-order valence-electron chi connectivity index (χ2n) is 7.92. The van der Waals surface area contributed by atoms with Crippen LogP contribution in [-0.4, -0.2) is 36.2 Å². The summed E-state index contributed by atoms with van der Waals surface area (Å²) in [6.07, 6.45) is 8.85. The number of quaternary nitrogens is 1. The number of benzene rings is 1. The summed E-state index contributed by atoms with van der Waals surface area (Å²) >= 11 is 0. The molecular weight excluding hydrogens is 286 g/mol. The van der Waals surface area contributed by atoms with Crippen molar-refractivity contribution < 1.29 is 0 Å². The van der Waals surface area contributed by atoms with Crippen LogP contribution in [0.15, 0.2) is 24.3 Å². The van der Waals surface area contributed by atoms with Gasteiger partial charge in [0.1, 0.15) is 5.69 Å². The number of nitrogens with one attached hydrogen (secondary N) is 1. The zero-order chi connectivity index (χ0) is 15.9. The van der Waals surface area contributed by atoms with Crippen LogP contribution in [0.25, 0.3) is 0 Å². The normalized spacial score (nSPS) is 31.6. The molecule has 0 bridgehead atoms. The van der Waals surface area contributed by atoms with Gasteiger partial charge in [0.05, 0.1) is 6.04 Å². The number of anilines is 1. The second kappa shape index (κ2) is 5.76. The molecule has 2 aliphatic heterocycles. The zero-order valence-electron chi connectivity index (χ0n) is 14.3. The maximum absolute atomic E-state index is 13.5. The molecule has 4 nitrogen and oxygen atoms in total. The number of piperidine rings is 1. The molecule has 0 amide bonds. The van der Waals surface area contributed by atoms with Crippen LogP contribution in [0.3, 0.4) is 0 Å². The summed E-state index contributed by atoms with van der Waals surface area (Å²) < 4.78 is -0.166. The lowest BCUT2D eigenvalue weighted by atomic mass is 9.80. The molecule has 1 N–H and O–H groups in total. The van der Waals surface area contributed by atoms with E-state index in [1.54, 1.807) is 0 Å². The van der Waals surface area contributed by atoms with Gasteiger partial charge >= 0.3 is 0 Å². The predicted molar refractivity (Wildman–Crippen MR) is 96.2 cm³/mol. The van der Waals surface area contributed by atoms with E-state index in [2.05, 4.69) is 17.1 Å². The summed E-state index contributed by atoms with van der Waals surface area (Å²) in [5.74, 6) is 0. The number of fused-ring (bicyclic) bond motifs is 1. The van der Waals surface area contributed by atoms with Crippen LogP contribution in [0.4, 0.5) is 11.4 Å². The smallest absolute Gasteiger partial charge is 0.158 e. The number of rotatable bonds is 2. The van der Waals surface area contributed by atoms with Crippen molar-refractivity contribution >= 4 is 11.4 Å². The van der Waals surface area contributed by atoms with Gasteiger partial charge in [0.25, 0.3) is 0 Å². The number of likely N-dealkylation sites (tertiary alicyclic amines) is 1. The summed E-state index contributed by atoms with van der Waals surface area (Å²) in [5, 5.41) is 16.8. The van der Waals surface area contributed by atoms with E-state index in [9.17, 15) is 5.21 Å². The molecule has 4 rings (SSSR count). The third-order valence-electron chi connectivity index (χ3n) is 6.56. The highest BCUT2D eigenvalue weighted by molar-refractivity contribution is 5.72. The molecule has 1 saturated carbocycles. The maximum Gasteiger partial charge on any atom is 0.158 e. The van der Waals surface area contributed by atoms with Gasteiger partial charge in [-0.2, -0.15) is 0 Å². The second-order valence-corrected chi connectivity index (χ2v) is 7.92. The molecule has 1 aromatic carbocycles. The Morgan fingerprint density at radius 3 is 2.57 bits per heavy atom. The molecule has 0 radical (unpaired) electrons. The van der Waals surface area contributed by atoms with Crippen LogP contribution in [0, 0.1) is 5.21 Å². The van der Waals surface area contributed by atoms with Crippen molar-refractivity contribution in [1.29, 1.82) is 0 Å². The highest BCUT2D eigenvalue weighted by Gasteiger charge is 2.42. The van der Waals surface area contributed by atoms with Crippen molar-refractivity contribution in [1.82, 2.24) is 9.55 Å². The molecule has 4 heteroatoms. The molecule has 1 unspecified atom stereocenters. The minimum atomic E-state index is -0.166. The summed E-state index contributed by atoms with van der Waals surface area (Å²) in [5.41, 5.74) is 2.36. The van der Waals surface area contributed by atoms with Crippen molar-refractivity contribution in [3.05, 3.63) is 29.5 Å². The fourth-order valence-electron chi connectivity index (χ4n) is 5.02. The van der Waals surface area contributed by atoms with Crippen LogP contribution in [0.1, 0.15) is 51.9 Å². The summed E-state index contributed by atoms with van der Waals surface area (Å²) in [6.45, 7) is 5.12. The Kier molecular flexibility index (Phi) is 3.87. The summed E-state index contributed by atoms with van der Waals surface area (Å²) in [6, 6.07) is 8.25. The lowest BCUT2D eigenvalue weighted by molar-refractivity contribution is 0.0288. The van der Waals surface area contributed by atoms with Gasteiger partial charge in [0, 0.05) is 37.5 Å². The fourth-order valence-corrected chi connectivity index (χ4v) is 5.02. The minimum Gasteiger partial charge on any atom is -0.626 e. The molecule has 2 fully saturated rings. The van der Waals surface area contributed by atoms with Gasteiger partial charge in [0.15, 0.2) is 12.4 Å². The molecule has 3 aliphatic rings. The maximum atomic E-state index is 13.5. The molecular formula is C19H29N3O. The first-order chi connectivity index (χ1) is 11.1. The topological polar surface area (TPSA) is 38.3 Å². The number of hydrogen-bond donors (Lipinski definition) is 1. The Balaban J connectivity index is 1.46. The molecule has 23 heavy (non-hydrogen) atoms. The molecule has 0 aromatic heterocycles. The van der Waals surface area contributed by atoms with Crippen LogP contribution >= 0.6 is 0 Å². The first-order valence-corrected chi connectivity index (χ1v) is 9.29. The van der Waals surface area contributed by atoms with E-state index in [0.717, 1.165) is 37.3 Å². The number of nitrogens with zero attached hydrogens (tertiary/aromatic N) is 2. The van der Waals surface area contributed by atoms with Crippen molar-refractivity contribution in [3.63, 3.8) is 0 Å². The number of hydroxylamine groups is 2. The number of hydrogen-bond acceptors (Lipinski definition) is 3. The van der Waals surface area contributed by atoms with E-state index >= 15 is 0 Å². The lowest BCUT2D eigenvalue weighted by Gasteiger charge is -2.51. The van der Waals surface area contributed by atoms with Gasteiger partial charge in [-0.25, -0.2) is 0 Å². The Morgan fingerprint density at radius 1 is 1.13 bits per heavy atom. The van der Waals surface area contributed by atoms with Gasteiger partial charge in [0.2, 0.25) is 0 Å². The van der Waals surface area contributed by atoms with Crippen LogP contribution in [0.5, 0.6) is 0 Å². The Labute approximate surface area is 139 Å². The predicted octanol–water partition coefficient (Wildman–Crippen LogP) is 4.06. The summed E-state index contributed by atoms with van der Waals surface area (Å²) in [7, 11) is 0. The monoisotopic (exact) mass is 315 g/mol. The highest BCUT2D eigenvalue weighted by atomic mass is 16.6. The van der Waals surface area contributed by atoms with Crippen molar-refractivity contribution in [2.24, 2.45) is 0 Å². The molecule has 2 heterocycles. The lowest BCUT2D eigenvalue weighted by Crippen LogP contribution is -2.59. The molecule has 0 spiro atoms. The zero-order valence-corrected chi connectivity index (χ0v) is 14.3. The van der Waals surface area contributed by atoms with Crippen molar-refractivity contribution in [2.45, 2.75) is 63.5 Å². The van der Waals surface area contributed by atoms with Gasteiger partial charge in [-0.05, 0) is 25.8 Å². The molecule has 1 saturated heterocycles. The largest absolute Gasteiger partial charge is 0.626 e. The van der Waals surface area contributed by atoms with Gasteiger partial charge in [-0.1, -0.05) is 31.4 Å². The fraction of sp³-hybridized carbons (Fsp3) is 0.684. The Morgan fingerprint density at radius 2 is 1.83 bits per heavy atom. The van der Waals surface area contributed by atoms with Crippen LogP contribution < -0.4 is 9.96 Å². The van der Waals surface area contributed by atoms with Crippen molar-refractivity contribution in [2.75, 3.05) is 25.1 Å². The number of para-hydroxylation sites is 2. The van der Waals surface area contributed by atoms with E-state index in [1.165, 1.54) is 32.1 Å². The molecule has 1 aliphatic carbocycles. The Bertz CT molecular complexity index is 561.